The second kappa shape index (κ2) is 6.39. The Morgan fingerprint density at radius 3 is 2.76 bits per heavy atom. The van der Waals surface area contributed by atoms with Gasteiger partial charge in [-0.15, -0.1) is 11.3 Å². The monoisotopic (exact) mass is 308 g/mol. The summed E-state index contributed by atoms with van der Waals surface area (Å²) in [4.78, 5) is 30.7. The van der Waals surface area contributed by atoms with Crippen molar-refractivity contribution in [2.75, 3.05) is 0 Å². The molecule has 0 aromatic carbocycles. The molecule has 0 aliphatic carbocycles. The maximum absolute atomic E-state index is 12.5. The zero-order chi connectivity index (χ0) is 15.6. The number of carbonyl (C=O) groups excluding carboxylic acids is 1. The molecular formula is C15H20N2O3S. The van der Waals surface area contributed by atoms with E-state index >= 15 is 0 Å². The summed E-state index contributed by atoms with van der Waals surface area (Å²) in [6, 6.07) is 1.19. The fourth-order valence-electron chi connectivity index (χ4n) is 1.93. The number of fused-ring (bicyclic) bond motifs is 1. The minimum absolute atomic E-state index is 0.153. The van der Waals surface area contributed by atoms with Crippen LogP contribution in [0.1, 0.15) is 45.0 Å². The van der Waals surface area contributed by atoms with Gasteiger partial charge in [-0.1, -0.05) is 13.8 Å². The summed E-state index contributed by atoms with van der Waals surface area (Å²) in [5, 5.41) is 0.572. The summed E-state index contributed by atoms with van der Waals surface area (Å²) < 4.78 is 6.63. The molecule has 6 heteroatoms. The third-order valence-electron chi connectivity index (χ3n) is 3.53. The van der Waals surface area contributed by atoms with Crippen molar-refractivity contribution in [2.45, 2.75) is 52.7 Å². The Morgan fingerprint density at radius 2 is 2.14 bits per heavy atom. The van der Waals surface area contributed by atoms with Gasteiger partial charge in [0.05, 0.1) is 17.8 Å². The highest BCUT2D eigenvalue weighted by Gasteiger charge is 2.21. The van der Waals surface area contributed by atoms with Crippen LogP contribution in [0.3, 0.4) is 0 Å². The van der Waals surface area contributed by atoms with Crippen molar-refractivity contribution in [1.29, 1.82) is 0 Å². The molecule has 2 heterocycles. The second-order valence-electron chi connectivity index (χ2n) is 5.07. The first kappa shape index (κ1) is 15.7. The van der Waals surface area contributed by atoms with Crippen LogP contribution in [-0.2, 0) is 16.0 Å². The number of hydrogen-bond donors (Lipinski definition) is 0. The van der Waals surface area contributed by atoms with E-state index in [1.54, 1.807) is 6.92 Å². The Balaban J connectivity index is 2.35. The zero-order valence-electron chi connectivity index (χ0n) is 12.8. The molecule has 21 heavy (non-hydrogen) atoms. The van der Waals surface area contributed by atoms with Gasteiger partial charge >= 0.3 is 5.97 Å². The number of hydrogen-bond acceptors (Lipinski definition) is 5. The van der Waals surface area contributed by atoms with E-state index in [1.807, 2.05) is 26.8 Å². The van der Waals surface area contributed by atoms with Crippen LogP contribution in [0.4, 0.5) is 0 Å². The molecule has 0 aliphatic rings. The van der Waals surface area contributed by atoms with Gasteiger partial charge in [0, 0.05) is 4.88 Å². The van der Waals surface area contributed by atoms with Crippen molar-refractivity contribution in [3.63, 3.8) is 0 Å². The fourth-order valence-corrected chi connectivity index (χ4v) is 2.86. The summed E-state index contributed by atoms with van der Waals surface area (Å²) in [5.74, 6) is -0.404. The fraction of sp³-hybridized carbons (Fsp3) is 0.533. The van der Waals surface area contributed by atoms with Gasteiger partial charge in [0.1, 0.15) is 10.9 Å². The number of ether oxygens (including phenoxy) is 1. The van der Waals surface area contributed by atoms with Crippen molar-refractivity contribution in [2.24, 2.45) is 0 Å². The van der Waals surface area contributed by atoms with Crippen LogP contribution in [0.15, 0.2) is 17.2 Å². The lowest BCUT2D eigenvalue weighted by Crippen LogP contribution is -2.30. The van der Waals surface area contributed by atoms with Gasteiger partial charge in [0.15, 0.2) is 0 Å². The van der Waals surface area contributed by atoms with Gasteiger partial charge in [-0.2, -0.15) is 0 Å². The highest BCUT2D eigenvalue weighted by Crippen LogP contribution is 2.21. The normalized spacial score (nSPS) is 14.1. The number of rotatable bonds is 5. The first-order valence-corrected chi connectivity index (χ1v) is 7.99. The van der Waals surface area contributed by atoms with Crippen molar-refractivity contribution in [1.82, 2.24) is 9.55 Å². The number of aromatic nitrogens is 2. The van der Waals surface area contributed by atoms with E-state index in [0.717, 1.165) is 22.5 Å². The molecule has 2 rings (SSSR count). The molecule has 0 spiro atoms. The lowest BCUT2D eigenvalue weighted by molar-refractivity contribution is -0.152. The highest BCUT2D eigenvalue weighted by molar-refractivity contribution is 7.18. The van der Waals surface area contributed by atoms with Crippen molar-refractivity contribution < 1.29 is 9.53 Å². The molecule has 0 radical (unpaired) electrons. The molecule has 2 aromatic rings. The molecule has 0 saturated heterocycles. The zero-order valence-corrected chi connectivity index (χ0v) is 13.6. The molecule has 5 nitrogen and oxygen atoms in total. The predicted molar refractivity (Wildman–Crippen MR) is 83.8 cm³/mol. The van der Waals surface area contributed by atoms with E-state index in [1.165, 1.54) is 22.2 Å². The number of aryl methyl sites for hydroxylation is 1. The Morgan fingerprint density at radius 1 is 1.43 bits per heavy atom. The molecule has 0 bridgehead atoms. The van der Waals surface area contributed by atoms with Crippen LogP contribution in [0.2, 0.25) is 0 Å². The van der Waals surface area contributed by atoms with Gasteiger partial charge in [0.2, 0.25) is 0 Å². The number of esters is 1. The molecule has 2 aromatic heterocycles. The van der Waals surface area contributed by atoms with Gasteiger partial charge in [-0.25, -0.2) is 9.78 Å². The molecule has 0 unspecified atom stereocenters. The van der Waals surface area contributed by atoms with Crippen LogP contribution in [0.25, 0.3) is 10.2 Å². The number of carbonyl (C=O) groups is 1. The lowest BCUT2D eigenvalue weighted by atomic mass is 10.3. The van der Waals surface area contributed by atoms with Crippen LogP contribution in [0, 0.1) is 0 Å². The topological polar surface area (TPSA) is 61.2 Å². The van der Waals surface area contributed by atoms with E-state index in [9.17, 15) is 9.59 Å². The second-order valence-corrected chi connectivity index (χ2v) is 6.19. The first-order valence-electron chi connectivity index (χ1n) is 7.17. The minimum atomic E-state index is -0.673. The molecule has 0 aliphatic heterocycles. The van der Waals surface area contributed by atoms with Crippen LogP contribution < -0.4 is 5.56 Å². The molecule has 114 valence electrons. The van der Waals surface area contributed by atoms with Crippen LogP contribution >= 0.6 is 11.3 Å². The van der Waals surface area contributed by atoms with Crippen molar-refractivity contribution >= 4 is 27.5 Å². The Labute approximate surface area is 127 Å². The summed E-state index contributed by atoms with van der Waals surface area (Å²) in [6.07, 6.45) is 2.89. The largest absolute Gasteiger partial charge is 0.461 e. The smallest absolute Gasteiger partial charge is 0.329 e. The Hall–Kier alpha value is -1.69. The summed E-state index contributed by atoms with van der Waals surface area (Å²) in [7, 11) is 0. The quantitative estimate of drug-likeness (QED) is 0.797. The lowest BCUT2D eigenvalue weighted by Gasteiger charge is -2.17. The summed E-state index contributed by atoms with van der Waals surface area (Å²) >= 11 is 1.51. The van der Waals surface area contributed by atoms with E-state index in [0.29, 0.717) is 5.39 Å². The molecule has 2 atom stereocenters. The third kappa shape index (κ3) is 3.15. The maximum atomic E-state index is 12.5. The van der Waals surface area contributed by atoms with Gasteiger partial charge < -0.3 is 4.74 Å². The van der Waals surface area contributed by atoms with E-state index < -0.39 is 12.0 Å². The first-order chi connectivity index (χ1) is 9.97. The molecular weight excluding hydrogens is 288 g/mol. The summed E-state index contributed by atoms with van der Waals surface area (Å²) in [5.41, 5.74) is -0.190. The van der Waals surface area contributed by atoms with Crippen molar-refractivity contribution in [3.05, 3.63) is 27.6 Å². The van der Waals surface area contributed by atoms with E-state index in [2.05, 4.69) is 4.98 Å². The van der Waals surface area contributed by atoms with Gasteiger partial charge in [-0.05, 0) is 32.8 Å². The Bertz CT molecular complexity index is 704. The highest BCUT2D eigenvalue weighted by atomic mass is 32.1. The van der Waals surface area contributed by atoms with Gasteiger partial charge in [-0.3, -0.25) is 9.36 Å². The van der Waals surface area contributed by atoms with Crippen molar-refractivity contribution in [3.8, 4) is 0 Å². The minimum Gasteiger partial charge on any atom is -0.461 e. The number of thiophene rings is 1. The molecule has 0 amide bonds. The average Bonchev–Trinajstić information content (AvgIpc) is 2.91. The standard InChI is InChI=1S/C15H20N2O3S/c1-5-9(3)20-15(19)10(4)17-8-16-13-12(14(17)18)7-11(6-2)21-13/h7-10H,5-6H2,1-4H3/t9-,10-/m1/s1. The summed E-state index contributed by atoms with van der Waals surface area (Å²) in [6.45, 7) is 7.48. The SMILES string of the molecule is CCc1cc2c(=O)n([C@H](C)C(=O)O[C@H](C)CC)cnc2s1. The molecule has 0 saturated carbocycles. The van der Waals surface area contributed by atoms with E-state index in [4.69, 9.17) is 4.74 Å². The van der Waals surface area contributed by atoms with Crippen LogP contribution in [0.5, 0.6) is 0 Å². The third-order valence-corrected chi connectivity index (χ3v) is 4.71. The van der Waals surface area contributed by atoms with E-state index in [-0.39, 0.29) is 11.7 Å². The predicted octanol–water partition coefficient (Wildman–Crippen LogP) is 2.92. The maximum Gasteiger partial charge on any atom is 0.329 e. The Kier molecular flexibility index (Phi) is 4.77. The molecule has 0 fully saturated rings. The molecule has 0 N–H and O–H groups in total. The number of nitrogens with zero attached hydrogens (tertiary/aromatic N) is 2. The average molecular weight is 308 g/mol. The van der Waals surface area contributed by atoms with Crippen LogP contribution in [-0.4, -0.2) is 21.6 Å². The van der Waals surface area contributed by atoms with Gasteiger partial charge in [0.25, 0.3) is 5.56 Å².